The Kier molecular flexibility index (Phi) is 6.29. The Balaban J connectivity index is 1.91. The fourth-order valence-electron chi connectivity index (χ4n) is 3.08. The highest BCUT2D eigenvalue weighted by Crippen LogP contribution is 2.35. The summed E-state index contributed by atoms with van der Waals surface area (Å²) in [4.78, 5) is 20.2. The lowest BCUT2D eigenvalue weighted by molar-refractivity contribution is -0.122. The molecule has 1 amide bonds. The predicted octanol–water partition coefficient (Wildman–Crippen LogP) is 5.05. The molecule has 2 heterocycles. The Labute approximate surface area is 171 Å². The molecular formula is C22H27N3O2S. The minimum absolute atomic E-state index is 0.0254. The first-order valence-electron chi connectivity index (χ1n) is 9.60. The molecule has 3 rings (SSSR count). The van der Waals surface area contributed by atoms with E-state index in [4.69, 9.17) is 9.73 Å². The van der Waals surface area contributed by atoms with Crippen LogP contribution in [0, 0.1) is 13.8 Å². The molecule has 0 saturated carbocycles. The number of rotatable bonds is 6. The van der Waals surface area contributed by atoms with Crippen molar-refractivity contribution < 1.29 is 9.53 Å². The van der Waals surface area contributed by atoms with Gasteiger partial charge in [-0.3, -0.25) is 9.69 Å². The molecule has 148 valence electrons. The van der Waals surface area contributed by atoms with Crippen molar-refractivity contribution in [2.45, 2.75) is 34.1 Å². The number of ether oxygens (including phenoxy) is 1. The maximum absolute atomic E-state index is 13.0. The van der Waals surface area contributed by atoms with Crippen LogP contribution in [0.25, 0.3) is 6.08 Å². The zero-order chi connectivity index (χ0) is 20.3. The summed E-state index contributed by atoms with van der Waals surface area (Å²) in [5, 5.41) is 0.729. The van der Waals surface area contributed by atoms with Gasteiger partial charge in [0, 0.05) is 25.0 Å². The zero-order valence-corrected chi connectivity index (χ0v) is 18.0. The Morgan fingerprint density at radius 1 is 1.18 bits per heavy atom. The van der Waals surface area contributed by atoms with E-state index < -0.39 is 0 Å². The third-order valence-corrected chi connectivity index (χ3v) is 5.82. The molecule has 1 aromatic carbocycles. The van der Waals surface area contributed by atoms with Gasteiger partial charge in [0.05, 0.1) is 17.2 Å². The van der Waals surface area contributed by atoms with E-state index in [0.29, 0.717) is 18.1 Å². The van der Waals surface area contributed by atoms with Gasteiger partial charge in [-0.05, 0) is 80.9 Å². The van der Waals surface area contributed by atoms with E-state index in [1.54, 1.807) is 4.90 Å². The summed E-state index contributed by atoms with van der Waals surface area (Å²) in [6.07, 6.45) is 2.87. The average molecular weight is 398 g/mol. The minimum atomic E-state index is 0.0254. The van der Waals surface area contributed by atoms with Crippen molar-refractivity contribution in [1.29, 1.82) is 0 Å². The van der Waals surface area contributed by atoms with Gasteiger partial charge in [-0.2, -0.15) is 0 Å². The van der Waals surface area contributed by atoms with Gasteiger partial charge >= 0.3 is 0 Å². The molecule has 0 unspecified atom stereocenters. The van der Waals surface area contributed by atoms with Crippen LogP contribution in [0.4, 0.5) is 5.69 Å². The van der Waals surface area contributed by atoms with Gasteiger partial charge < -0.3 is 9.30 Å². The quantitative estimate of drug-likeness (QED) is 0.641. The number of carbonyl (C=O) groups is 1. The van der Waals surface area contributed by atoms with Gasteiger partial charge in [-0.1, -0.05) is 6.92 Å². The van der Waals surface area contributed by atoms with Crippen LogP contribution in [-0.4, -0.2) is 33.7 Å². The third kappa shape index (κ3) is 4.17. The second-order valence-electron chi connectivity index (χ2n) is 6.77. The highest BCUT2D eigenvalue weighted by Gasteiger charge is 2.33. The monoisotopic (exact) mass is 397 g/mol. The number of amides is 1. The molecule has 6 heteroatoms. The molecule has 0 spiro atoms. The molecular weight excluding hydrogens is 370 g/mol. The molecule has 5 nitrogen and oxygen atoms in total. The lowest BCUT2D eigenvalue weighted by atomic mass is 10.2. The van der Waals surface area contributed by atoms with E-state index in [1.165, 1.54) is 17.5 Å². The number of aliphatic imine (C=N–C) groups is 1. The molecule has 0 radical (unpaired) electrons. The summed E-state index contributed by atoms with van der Waals surface area (Å²) in [5.74, 6) is 0.847. The van der Waals surface area contributed by atoms with Gasteiger partial charge in [0.1, 0.15) is 5.75 Å². The number of aromatic nitrogens is 1. The number of thioether (sulfide) groups is 1. The maximum atomic E-state index is 13.0. The van der Waals surface area contributed by atoms with Crippen molar-refractivity contribution in [3.05, 3.63) is 52.2 Å². The van der Waals surface area contributed by atoms with Crippen LogP contribution in [-0.2, 0) is 11.8 Å². The van der Waals surface area contributed by atoms with Crippen LogP contribution >= 0.6 is 11.8 Å². The van der Waals surface area contributed by atoms with Crippen molar-refractivity contribution in [2.75, 3.05) is 13.2 Å². The van der Waals surface area contributed by atoms with Crippen LogP contribution in [0.3, 0.4) is 0 Å². The van der Waals surface area contributed by atoms with Gasteiger partial charge in [0.25, 0.3) is 5.91 Å². The SMILES string of the molecule is CCCN1C(=O)/C(=C\c2cc(C)n(C)c2C)SC1=Nc1ccc(OCC)cc1. The van der Waals surface area contributed by atoms with Crippen molar-refractivity contribution in [1.82, 2.24) is 9.47 Å². The molecule has 1 aromatic heterocycles. The molecule has 28 heavy (non-hydrogen) atoms. The predicted molar refractivity (Wildman–Crippen MR) is 117 cm³/mol. The zero-order valence-electron chi connectivity index (χ0n) is 17.2. The van der Waals surface area contributed by atoms with Crippen molar-refractivity contribution in [2.24, 2.45) is 12.0 Å². The number of nitrogens with zero attached hydrogens (tertiary/aromatic N) is 3. The Bertz CT molecular complexity index is 926. The van der Waals surface area contributed by atoms with E-state index in [9.17, 15) is 4.79 Å². The molecule has 1 aliphatic rings. The first-order chi connectivity index (χ1) is 13.4. The number of benzene rings is 1. The van der Waals surface area contributed by atoms with E-state index >= 15 is 0 Å². The minimum Gasteiger partial charge on any atom is -0.494 e. The van der Waals surface area contributed by atoms with Crippen LogP contribution < -0.4 is 4.74 Å². The Hall–Kier alpha value is -2.47. The largest absolute Gasteiger partial charge is 0.494 e. The highest BCUT2D eigenvalue weighted by molar-refractivity contribution is 8.18. The van der Waals surface area contributed by atoms with E-state index in [1.807, 2.05) is 44.3 Å². The first-order valence-corrected chi connectivity index (χ1v) is 10.4. The molecule has 0 atom stereocenters. The van der Waals surface area contributed by atoms with E-state index in [2.05, 4.69) is 31.4 Å². The number of hydrogen-bond acceptors (Lipinski definition) is 4. The molecule has 2 aromatic rings. The van der Waals surface area contributed by atoms with Crippen LogP contribution in [0.5, 0.6) is 5.75 Å². The summed E-state index contributed by atoms with van der Waals surface area (Å²) >= 11 is 1.44. The van der Waals surface area contributed by atoms with Crippen molar-refractivity contribution in [3.8, 4) is 5.75 Å². The van der Waals surface area contributed by atoms with Gasteiger partial charge in [0.2, 0.25) is 0 Å². The number of carbonyl (C=O) groups excluding carboxylic acids is 1. The lowest BCUT2D eigenvalue weighted by Crippen LogP contribution is -2.29. The summed E-state index contributed by atoms with van der Waals surface area (Å²) in [6, 6.07) is 9.75. The molecule has 1 fully saturated rings. The molecule has 0 aliphatic carbocycles. The topological polar surface area (TPSA) is 46.8 Å². The summed E-state index contributed by atoms with van der Waals surface area (Å²) in [5.41, 5.74) is 4.22. The number of hydrogen-bond donors (Lipinski definition) is 0. The fraction of sp³-hybridized carbons (Fsp3) is 0.364. The number of aryl methyl sites for hydroxylation is 1. The molecule has 1 aliphatic heterocycles. The van der Waals surface area contributed by atoms with Crippen LogP contribution in [0.15, 0.2) is 40.2 Å². The maximum Gasteiger partial charge on any atom is 0.266 e. The Morgan fingerprint density at radius 2 is 1.89 bits per heavy atom. The van der Waals surface area contributed by atoms with Gasteiger partial charge in [-0.25, -0.2) is 4.99 Å². The average Bonchev–Trinajstić information content (AvgIpc) is 3.09. The molecule has 0 N–H and O–H groups in total. The van der Waals surface area contributed by atoms with Crippen molar-refractivity contribution in [3.63, 3.8) is 0 Å². The lowest BCUT2D eigenvalue weighted by Gasteiger charge is -2.14. The molecule has 0 bridgehead atoms. The van der Waals surface area contributed by atoms with E-state index in [0.717, 1.165) is 34.3 Å². The van der Waals surface area contributed by atoms with Crippen LogP contribution in [0.1, 0.15) is 37.2 Å². The standard InChI is InChI=1S/C22H27N3O2S/c1-6-12-25-21(26)20(14-17-13-15(3)24(5)16(17)4)28-22(25)23-18-8-10-19(11-9-18)27-7-2/h8-11,13-14H,6-7,12H2,1-5H3/b20-14+,23-22?. The third-order valence-electron chi connectivity index (χ3n) is 4.81. The Morgan fingerprint density at radius 3 is 2.46 bits per heavy atom. The van der Waals surface area contributed by atoms with Crippen LogP contribution in [0.2, 0.25) is 0 Å². The van der Waals surface area contributed by atoms with Gasteiger partial charge in [0.15, 0.2) is 5.17 Å². The fourth-order valence-corrected chi connectivity index (χ4v) is 4.09. The second-order valence-corrected chi connectivity index (χ2v) is 7.78. The molecule has 1 saturated heterocycles. The second kappa shape index (κ2) is 8.69. The van der Waals surface area contributed by atoms with Crippen molar-refractivity contribution >= 4 is 34.6 Å². The highest BCUT2D eigenvalue weighted by atomic mass is 32.2. The normalized spacial score (nSPS) is 17.2. The number of amidine groups is 1. The smallest absolute Gasteiger partial charge is 0.266 e. The first kappa shape index (κ1) is 20.3. The summed E-state index contributed by atoms with van der Waals surface area (Å²) in [6.45, 7) is 9.46. The van der Waals surface area contributed by atoms with E-state index in [-0.39, 0.29) is 5.91 Å². The van der Waals surface area contributed by atoms with Gasteiger partial charge in [-0.15, -0.1) is 0 Å². The summed E-state index contributed by atoms with van der Waals surface area (Å²) in [7, 11) is 2.04. The summed E-state index contributed by atoms with van der Waals surface area (Å²) < 4.78 is 7.62.